The summed E-state index contributed by atoms with van der Waals surface area (Å²) in [4.78, 5) is 26.3. The van der Waals surface area contributed by atoms with Gasteiger partial charge < -0.3 is 14.6 Å². The highest BCUT2D eigenvalue weighted by atomic mass is 19.1. The van der Waals surface area contributed by atoms with E-state index in [-0.39, 0.29) is 28.2 Å². The molecule has 0 aliphatic heterocycles. The first kappa shape index (κ1) is 24.0. The van der Waals surface area contributed by atoms with E-state index in [9.17, 15) is 24.2 Å². The fourth-order valence-electron chi connectivity index (χ4n) is 4.34. The number of hydrogen-bond donors (Lipinski definition) is 2. The fraction of sp³-hybridized carbons (Fsp3) is 0.172. The Morgan fingerprint density at radius 1 is 0.943 bits per heavy atom. The van der Waals surface area contributed by atoms with Crippen molar-refractivity contribution in [1.82, 2.24) is 0 Å². The number of Topliss-reactive ketones (excluding diaryl/α,β-unsaturated/α-hetero) is 1. The second-order valence-electron chi connectivity index (χ2n) is 8.77. The number of aliphatic hydroxyl groups excluding tert-OH is 1. The minimum absolute atomic E-state index is 0.111. The summed E-state index contributed by atoms with van der Waals surface area (Å²) in [5.74, 6) is -2.92. The van der Waals surface area contributed by atoms with E-state index < -0.39 is 23.1 Å². The Labute approximate surface area is 201 Å². The summed E-state index contributed by atoms with van der Waals surface area (Å²) >= 11 is 0. The smallest absolute Gasteiger partial charge is 0.344 e. The first-order valence-corrected chi connectivity index (χ1v) is 11.1. The molecule has 0 radical (unpaired) electrons. The average Bonchev–Trinajstić information content (AvgIpc) is 2.80. The number of aliphatic hydroxyl groups is 1. The first-order valence-electron chi connectivity index (χ1n) is 11.1. The topological polar surface area (TPSA) is 87.7 Å². The molecule has 3 aromatic carbocycles. The maximum Gasteiger partial charge on any atom is 0.344 e. The highest BCUT2D eigenvalue weighted by Crippen LogP contribution is 2.41. The van der Waals surface area contributed by atoms with E-state index in [4.69, 9.17) is 4.42 Å². The molecule has 1 heterocycles. The number of fused-ring (bicyclic) bond motifs is 1. The number of benzene rings is 3. The number of aryl methyl sites for hydroxylation is 3. The monoisotopic (exact) mass is 472 g/mol. The first-order chi connectivity index (χ1) is 16.6. The molecule has 5 nitrogen and oxygen atoms in total. The Morgan fingerprint density at radius 2 is 1.57 bits per heavy atom. The van der Waals surface area contributed by atoms with Crippen molar-refractivity contribution in [2.24, 2.45) is 0 Å². The van der Waals surface area contributed by atoms with Crippen LogP contribution in [0.3, 0.4) is 0 Å². The number of aromatic hydroxyl groups is 1. The summed E-state index contributed by atoms with van der Waals surface area (Å²) in [5, 5.41) is 23.0. The molecule has 0 bridgehead atoms. The fourth-order valence-corrected chi connectivity index (χ4v) is 4.34. The largest absolute Gasteiger partial charge is 0.507 e. The third kappa shape index (κ3) is 4.47. The second kappa shape index (κ2) is 9.22. The maximum absolute atomic E-state index is 13.8. The van der Waals surface area contributed by atoms with Gasteiger partial charge >= 0.3 is 5.63 Å². The molecule has 0 aliphatic rings. The Kier molecular flexibility index (Phi) is 6.31. The molecule has 2 N–H and O–H groups in total. The van der Waals surface area contributed by atoms with Gasteiger partial charge in [-0.05, 0) is 69.2 Å². The number of carbonyl (C=O) groups is 1. The third-order valence-electron chi connectivity index (χ3n) is 6.13. The average molecular weight is 473 g/mol. The van der Waals surface area contributed by atoms with Crippen molar-refractivity contribution < 1.29 is 23.8 Å². The van der Waals surface area contributed by atoms with Crippen molar-refractivity contribution in [3.05, 3.63) is 116 Å². The molecule has 0 spiro atoms. The van der Waals surface area contributed by atoms with E-state index in [1.807, 2.05) is 26.0 Å². The summed E-state index contributed by atoms with van der Waals surface area (Å²) in [5.41, 5.74) is 2.17. The molecule has 178 valence electrons. The molecule has 1 aromatic heterocycles. The van der Waals surface area contributed by atoms with Crippen LogP contribution in [0.2, 0.25) is 0 Å². The number of rotatable bonds is 5. The van der Waals surface area contributed by atoms with Gasteiger partial charge in [-0.2, -0.15) is 0 Å². The SMILES string of the molecule is CC(=O)/C(=C(/O)c1cc(C)ccc1C)C(c1ccc(F)cc1)c1c(O)c2cc(C)ccc2oc1=O. The minimum Gasteiger partial charge on any atom is -0.507 e. The highest BCUT2D eigenvalue weighted by Gasteiger charge is 2.33. The van der Waals surface area contributed by atoms with Crippen molar-refractivity contribution in [2.45, 2.75) is 33.6 Å². The number of ketones is 1. The Hall–Kier alpha value is -4.19. The van der Waals surface area contributed by atoms with Crippen LogP contribution < -0.4 is 5.63 Å². The molecule has 0 saturated heterocycles. The zero-order valence-corrected chi connectivity index (χ0v) is 19.8. The minimum atomic E-state index is -1.21. The van der Waals surface area contributed by atoms with E-state index in [1.165, 1.54) is 31.2 Å². The van der Waals surface area contributed by atoms with Gasteiger partial charge in [0.2, 0.25) is 0 Å². The van der Waals surface area contributed by atoms with Gasteiger partial charge in [0, 0.05) is 11.1 Å². The van der Waals surface area contributed by atoms with Crippen LogP contribution in [0.25, 0.3) is 16.7 Å². The van der Waals surface area contributed by atoms with Crippen LogP contribution in [0.4, 0.5) is 4.39 Å². The highest BCUT2D eigenvalue weighted by molar-refractivity contribution is 6.02. The number of allylic oxidation sites excluding steroid dienone is 1. The van der Waals surface area contributed by atoms with Gasteiger partial charge in [-0.25, -0.2) is 9.18 Å². The lowest BCUT2D eigenvalue weighted by Gasteiger charge is -2.22. The molecular formula is C29H25FO5. The zero-order valence-electron chi connectivity index (χ0n) is 19.8. The van der Waals surface area contributed by atoms with E-state index in [2.05, 4.69) is 0 Å². The van der Waals surface area contributed by atoms with Gasteiger partial charge in [0.1, 0.15) is 22.9 Å². The predicted octanol–water partition coefficient (Wildman–Crippen LogP) is 6.25. The van der Waals surface area contributed by atoms with Crippen LogP contribution >= 0.6 is 0 Å². The molecule has 1 atom stereocenters. The summed E-state index contributed by atoms with van der Waals surface area (Å²) in [6.07, 6.45) is 0. The molecule has 4 aromatic rings. The van der Waals surface area contributed by atoms with Gasteiger partial charge in [-0.1, -0.05) is 41.5 Å². The van der Waals surface area contributed by atoms with Gasteiger partial charge in [0.15, 0.2) is 5.78 Å². The molecule has 6 heteroatoms. The van der Waals surface area contributed by atoms with Crippen molar-refractivity contribution >= 4 is 22.5 Å². The van der Waals surface area contributed by atoms with Gasteiger partial charge in [-0.3, -0.25) is 4.79 Å². The standard InChI is InChI=1S/C29H25FO5/c1-15-5-7-17(3)21(13-15)27(32)24(18(4)31)25(19-8-10-20(30)11-9-19)26-28(33)22-14-16(2)6-12-23(22)35-29(26)34/h5-14,25,32-33H,1-4H3/b27-24-. The summed E-state index contributed by atoms with van der Waals surface area (Å²) in [6.45, 7) is 6.75. The van der Waals surface area contributed by atoms with Crippen LogP contribution in [-0.2, 0) is 4.79 Å². The molecule has 0 saturated carbocycles. The maximum atomic E-state index is 13.8. The van der Waals surface area contributed by atoms with Gasteiger partial charge in [-0.15, -0.1) is 0 Å². The van der Waals surface area contributed by atoms with Crippen molar-refractivity contribution in [2.75, 3.05) is 0 Å². The quantitative estimate of drug-likeness (QED) is 0.204. The van der Waals surface area contributed by atoms with Crippen LogP contribution in [-0.4, -0.2) is 16.0 Å². The van der Waals surface area contributed by atoms with Crippen molar-refractivity contribution in [1.29, 1.82) is 0 Å². The van der Waals surface area contributed by atoms with Crippen LogP contribution in [0.5, 0.6) is 5.75 Å². The van der Waals surface area contributed by atoms with Crippen LogP contribution in [0.15, 0.2) is 75.4 Å². The third-order valence-corrected chi connectivity index (χ3v) is 6.13. The molecule has 1 unspecified atom stereocenters. The zero-order chi connectivity index (χ0) is 25.4. The number of hydrogen-bond acceptors (Lipinski definition) is 5. The summed E-state index contributed by atoms with van der Waals surface area (Å²) in [6, 6.07) is 15.6. The van der Waals surface area contributed by atoms with E-state index >= 15 is 0 Å². The van der Waals surface area contributed by atoms with Crippen LogP contribution in [0, 0.1) is 26.6 Å². The van der Waals surface area contributed by atoms with Crippen molar-refractivity contribution in [3.8, 4) is 5.75 Å². The molecule has 0 fully saturated rings. The Morgan fingerprint density at radius 3 is 2.23 bits per heavy atom. The summed E-state index contributed by atoms with van der Waals surface area (Å²) < 4.78 is 19.3. The molecule has 4 rings (SSSR count). The Balaban J connectivity index is 2.13. The normalized spacial score (nSPS) is 12.9. The number of halogens is 1. The summed E-state index contributed by atoms with van der Waals surface area (Å²) in [7, 11) is 0. The molecular weight excluding hydrogens is 447 g/mol. The molecule has 35 heavy (non-hydrogen) atoms. The lowest BCUT2D eigenvalue weighted by Crippen LogP contribution is -2.20. The lowest BCUT2D eigenvalue weighted by atomic mass is 9.81. The Bertz CT molecular complexity index is 1540. The van der Waals surface area contributed by atoms with Crippen molar-refractivity contribution in [3.63, 3.8) is 0 Å². The van der Waals surface area contributed by atoms with Gasteiger partial charge in [0.05, 0.1) is 16.9 Å². The molecule has 0 amide bonds. The predicted molar refractivity (Wildman–Crippen MR) is 133 cm³/mol. The number of carbonyl (C=O) groups excluding carboxylic acids is 1. The second-order valence-corrected chi connectivity index (χ2v) is 8.77. The molecule has 0 aliphatic carbocycles. The van der Waals surface area contributed by atoms with Crippen LogP contribution in [0.1, 0.15) is 46.2 Å². The van der Waals surface area contributed by atoms with E-state index in [0.29, 0.717) is 16.5 Å². The van der Waals surface area contributed by atoms with Gasteiger partial charge in [0.25, 0.3) is 0 Å². The van der Waals surface area contributed by atoms with E-state index in [0.717, 1.165) is 16.7 Å². The lowest BCUT2D eigenvalue weighted by molar-refractivity contribution is -0.113. The van der Waals surface area contributed by atoms with E-state index in [1.54, 1.807) is 31.2 Å².